The summed E-state index contributed by atoms with van der Waals surface area (Å²) in [5.74, 6) is 0.679. The van der Waals surface area contributed by atoms with Crippen LogP contribution in [0.3, 0.4) is 0 Å². The minimum Gasteiger partial charge on any atom is -0.319 e. The molecule has 31 heavy (non-hydrogen) atoms. The van der Waals surface area contributed by atoms with E-state index in [9.17, 15) is 4.79 Å². The standard InChI is InChI=1S/C26H30ClN3O/c1-26(2,15-19-7-5-10-22(27)13-19)29-12-6-8-20(17-29)16-28-18-30-23-11-4-3-9-21(23)14-24(30)25(28)31/h3-5,7,9-11,13-14,20H,6,8,12,15-18H2,1-2H3. The van der Waals surface area contributed by atoms with E-state index in [1.54, 1.807) is 0 Å². The highest BCUT2D eigenvalue weighted by Gasteiger charge is 2.35. The topological polar surface area (TPSA) is 28.5 Å². The molecule has 0 bridgehead atoms. The zero-order chi connectivity index (χ0) is 21.6. The molecule has 0 aliphatic carbocycles. The largest absolute Gasteiger partial charge is 0.319 e. The molecule has 2 aliphatic rings. The monoisotopic (exact) mass is 435 g/mol. The number of hydrogen-bond acceptors (Lipinski definition) is 2. The first-order chi connectivity index (χ1) is 14.9. The maximum absolute atomic E-state index is 13.1. The molecular weight excluding hydrogens is 406 g/mol. The Balaban J connectivity index is 1.26. The molecule has 1 aromatic heterocycles. The van der Waals surface area contributed by atoms with Crippen LogP contribution in [0.15, 0.2) is 54.6 Å². The van der Waals surface area contributed by atoms with E-state index in [1.165, 1.54) is 18.4 Å². The van der Waals surface area contributed by atoms with Crippen molar-refractivity contribution in [2.75, 3.05) is 19.6 Å². The first-order valence-electron chi connectivity index (χ1n) is 11.3. The fourth-order valence-corrected chi connectivity index (χ4v) is 5.62. The van der Waals surface area contributed by atoms with Gasteiger partial charge in [0, 0.05) is 29.0 Å². The molecule has 0 radical (unpaired) electrons. The van der Waals surface area contributed by atoms with E-state index in [1.807, 2.05) is 35.2 Å². The number of benzene rings is 2. The molecule has 1 atom stereocenters. The molecule has 0 spiro atoms. The number of likely N-dealkylation sites (tertiary alicyclic amines) is 1. The maximum atomic E-state index is 13.1. The summed E-state index contributed by atoms with van der Waals surface area (Å²) in [7, 11) is 0. The molecule has 4 nitrogen and oxygen atoms in total. The lowest BCUT2D eigenvalue weighted by Crippen LogP contribution is -2.52. The number of fused-ring (bicyclic) bond motifs is 3. The molecule has 1 fully saturated rings. The first-order valence-corrected chi connectivity index (χ1v) is 11.7. The van der Waals surface area contributed by atoms with Crippen LogP contribution >= 0.6 is 11.6 Å². The Kier molecular flexibility index (Phi) is 5.31. The molecule has 162 valence electrons. The predicted octanol–water partition coefficient (Wildman–Crippen LogP) is 5.44. The number of piperidine rings is 1. The van der Waals surface area contributed by atoms with E-state index in [0.29, 0.717) is 12.6 Å². The number of carbonyl (C=O) groups is 1. The van der Waals surface area contributed by atoms with Gasteiger partial charge in [0.05, 0.1) is 12.2 Å². The number of para-hydroxylation sites is 1. The Morgan fingerprint density at radius 3 is 2.77 bits per heavy atom. The lowest BCUT2D eigenvalue weighted by Gasteiger charge is -2.44. The highest BCUT2D eigenvalue weighted by atomic mass is 35.5. The fourth-order valence-electron chi connectivity index (χ4n) is 5.41. The number of hydrogen-bond donors (Lipinski definition) is 0. The van der Waals surface area contributed by atoms with E-state index in [4.69, 9.17) is 11.6 Å². The van der Waals surface area contributed by atoms with Crippen LogP contribution in [0, 0.1) is 5.92 Å². The van der Waals surface area contributed by atoms with E-state index in [-0.39, 0.29) is 11.4 Å². The fraction of sp³-hybridized carbons (Fsp3) is 0.423. The highest BCUT2D eigenvalue weighted by molar-refractivity contribution is 6.30. The third-order valence-corrected chi connectivity index (χ3v) is 7.24. The molecule has 5 rings (SSSR count). The SMILES string of the molecule is CC(C)(Cc1cccc(Cl)c1)N1CCCC(CN2Cn3c(cc4ccccc43)C2=O)C1. The Morgan fingerprint density at radius 1 is 1.10 bits per heavy atom. The Labute approximate surface area is 189 Å². The molecule has 3 aromatic rings. The van der Waals surface area contributed by atoms with Gasteiger partial charge in [0.1, 0.15) is 5.69 Å². The molecule has 1 amide bonds. The molecule has 3 heterocycles. The summed E-state index contributed by atoms with van der Waals surface area (Å²) in [5, 5.41) is 1.95. The van der Waals surface area contributed by atoms with Crippen LogP contribution in [0.4, 0.5) is 0 Å². The average Bonchev–Trinajstić information content (AvgIpc) is 3.25. The Morgan fingerprint density at radius 2 is 1.94 bits per heavy atom. The number of amides is 1. The van der Waals surface area contributed by atoms with Crippen molar-refractivity contribution in [2.45, 2.75) is 45.3 Å². The van der Waals surface area contributed by atoms with Crippen LogP contribution in [0.2, 0.25) is 5.02 Å². The summed E-state index contributed by atoms with van der Waals surface area (Å²) in [4.78, 5) is 17.7. The van der Waals surface area contributed by atoms with Gasteiger partial charge >= 0.3 is 0 Å². The van der Waals surface area contributed by atoms with Crippen LogP contribution in [-0.4, -0.2) is 45.4 Å². The highest BCUT2D eigenvalue weighted by Crippen LogP contribution is 2.31. The van der Waals surface area contributed by atoms with E-state index >= 15 is 0 Å². The second-order valence-electron chi connectivity index (χ2n) is 9.76. The van der Waals surface area contributed by atoms with Crippen molar-refractivity contribution < 1.29 is 4.79 Å². The van der Waals surface area contributed by atoms with Gasteiger partial charge in [0.2, 0.25) is 0 Å². The minimum atomic E-state index is 0.0554. The Hall–Kier alpha value is -2.30. The molecule has 0 N–H and O–H groups in total. The summed E-state index contributed by atoms with van der Waals surface area (Å²) in [6, 6.07) is 18.5. The van der Waals surface area contributed by atoms with Gasteiger partial charge in [-0.25, -0.2) is 0 Å². The van der Waals surface area contributed by atoms with Gasteiger partial charge in [-0.15, -0.1) is 0 Å². The number of nitrogens with zero attached hydrogens (tertiary/aromatic N) is 3. The quantitative estimate of drug-likeness (QED) is 0.533. The summed E-state index contributed by atoms with van der Waals surface area (Å²) < 4.78 is 2.17. The smallest absolute Gasteiger partial charge is 0.272 e. The second kappa shape index (κ2) is 7.99. The van der Waals surface area contributed by atoms with E-state index < -0.39 is 0 Å². The molecule has 2 aliphatic heterocycles. The van der Waals surface area contributed by atoms with Crippen LogP contribution in [0.1, 0.15) is 42.7 Å². The van der Waals surface area contributed by atoms with Crippen LogP contribution in [0.5, 0.6) is 0 Å². The van der Waals surface area contributed by atoms with Gasteiger partial charge in [-0.05, 0) is 75.4 Å². The second-order valence-corrected chi connectivity index (χ2v) is 10.2. The summed E-state index contributed by atoms with van der Waals surface area (Å²) >= 11 is 6.20. The Bertz CT molecular complexity index is 1120. The van der Waals surface area contributed by atoms with Crippen molar-refractivity contribution in [3.05, 3.63) is 70.9 Å². The third kappa shape index (κ3) is 3.99. The summed E-state index contributed by atoms with van der Waals surface area (Å²) in [6.07, 6.45) is 3.34. The van der Waals surface area contributed by atoms with Gasteiger partial charge in [-0.3, -0.25) is 9.69 Å². The zero-order valence-electron chi connectivity index (χ0n) is 18.4. The van der Waals surface area contributed by atoms with Gasteiger partial charge in [0.25, 0.3) is 5.91 Å². The van der Waals surface area contributed by atoms with Crippen molar-refractivity contribution in [1.82, 2.24) is 14.4 Å². The van der Waals surface area contributed by atoms with Crippen LogP contribution < -0.4 is 0 Å². The average molecular weight is 436 g/mol. The lowest BCUT2D eigenvalue weighted by atomic mass is 9.88. The van der Waals surface area contributed by atoms with Crippen molar-refractivity contribution in [2.24, 2.45) is 5.92 Å². The summed E-state index contributed by atoms with van der Waals surface area (Å²) in [6.45, 7) is 8.31. The van der Waals surface area contributed by atoms with Crippen molar-refractivity contribution in [1.29, 1.82) is 0 Å². The van der Waals surface area contributed by atoms with E-state index in [0.717, 1.165) is 47.7 Å². The van der Waals surface area contributed by atoms with Gasteiger partial charge in [0.15, 0.2) is 0 Å². The van der Waals surface area contributed by atoms with Crippen molar-refractivity contribution >= 4 is 28.4 Å². The molecular formula is C26H30ClN3O. The first kappa shape index (κ1) is 20.6. The molecule has 0 saturated carbocycles. The number of rotatable bonds is 5. The number of carbonyl (C=O) groups excluding carboxylic acids is 1. The molecule has 5 heteroatoms. The van der Waals surface area contributed by atoms with Crippen molar-refractivity contribution in [3.63, 3.8) is 0 Å². The maximum Gasteiger partial charge on any atom is 0.272 e. The normalized spacial score (nSPS) is 19.9. The van der Waals surface area contributed by atoms with Crippen molar-refractivity contribution in [3.8, 4) is 0 Å². The number of halogens is 1. The minimum absolute atomic E-state index is 0.0554. The predicted molar refractivity (Wildman–Crippen MR) is 127 cm³/mol. The zero-order valence-corrected chi connectivity index (χ0v) is 19.1. The van der Waals surface area contributed by atoms with E-state index in [2.05, 4.69) is 47.6 Å². The molecule has 1 unspecified atom stereocenters. The van der Waals surface area contributed by atoms with Gasteiger partial charge < -0.3 is 9.47 Å². The summed E-state index contributed by atoms with van der Waals surface area (Å²) in [5.41, 5.74) is 3.32. The lowest BCUT2D eigenvalue weighted by molar-refractivity contribution is 0.0464. The molecule has 2 aromatic carbocycles. The van der Waals surface area contributed by atoms with Gasteiger partial charge in [-0.2, -0.15) is 0 Å². The van der Waals surface area contributed by atoms with Crippen LogP contribution in [-0.2, 0) is 13.1 Å². The number of aromatic nitrogens is 1. The molecule has 1 saturated heterocycles. The van der Waals surface area contributed by atoms with Crippen LogP contribution in [0.25, 0.3) is 10.9 Å². The van der Waals surface area contributed by atoms with Gasteiger partial charge in [-0.1, -0.05) is 41.9 Å². The third-order valence-electron chi connectivity index (χ3n) is 7.01.